The third kappa shape index (κ3) is 2.48. The van der Waals surface area contributed by atoms with Gasteiger partial charge in [-0.15, -0.1) is 0 Å². The maximum absolute atomic E-state index is 11.9. The van der Waals surface area contributed by atoms with Gasteiger partial charge in [-0.05, 0) is 51.4 Å². The van der Waals surface area contributed by atoms with Gasteiger partial charge in [0.15, 0.2) is 0 Å². The molecule has 0 aliphatic heterocycles. The second kappa shape index (κ2) is 5.07. The average molecular weight is 250 g/mol. The second-order valence-electron chi connectivity index (χ2n) is 6.55. The highest BCUT2D eigenvalue weighted by Gasteiger charge is 2.48. The minimum atomic E-state index is -0.256. The third-order valence-corrected chi connectivity index (χ3v) is 5.11. The molecule has 0 aromatic carbocycles. The molecule has 102 valence electrons. The molecule has 0 aromatic heterocycles. The lowest BCUT2D eigenvalue weighted by Crippen LogP contribution is -2.50. The molecule has 0 aromatic rings. The quantitative estimate of drug-likeness (QED) is 0.545. The van der Waals surface area contributed by atoms with Gasteiger partial charge >= 0.3 is 5.97 Å². The van der Waals surface area contributed by atoms with Gasteiger partial charge in [-0.3, -0.25) is 0 Å². The fourth-order valence-corrected chi connectivity index (χ4v) is 3.94. The molecule has 4 atom stereocenters. The third-order valence-electron chi connectivity index (χ3n) is 5.11. The Balaban J connectivity index is 2.15. The number of ether oxygens (including phenoxy) is 1. The van der Waals surface area contributed by atoms with Gasteiger partial charge in [-0.2, -0.15) is 0 Å². The lowest BCUT2D eigenvalue weighted by Gasteiger charge is -2.50. The molecule has 0 bridgehead atoms. The standard InChI is InChI=1S/C16H26O2/c1-11(2)15(17)18-16(4)10-9-12(3)13-7-5-6-8-14(13)16/h12-14H,1,5-10H2,2-4H3. The number of hydrogen-bond donors (Lipinski definition) is 0. The van der Waals surface area contributed by atoms with Crippen LogP contribution in [0.1, 0.15) is 59.3 Å². The van der Waals surface area contributed by atoms with Crippen molar-refractivity contribution in [2.75, 3.05) is 0 Å². The van der Waals surface area contributed by atoms with Gasteiger partial charge in [0.25, 0.3) is 0 Å². The molecular formula is C16H26O2. The van der Waals surface area contributed by atoms with E-state index >= 15 is 0 Å². The highest BCUT2D eigenvalue weighted by atomic mass is 16.6. The fourth-order valence-electron chi connectivity index (χ4n) is 3.94. The van der Waals surface area contributed by atoms with Crippen molar-refractivity contribution in [3.8, 4) is 0 Å². The molecule has 0 radical (unpaired) electrons. The maximum atomic E-state index is 11.9. The molecule has 2 nitrogen and oxygen atoms in total. The van der Waals surface area contributed by atoms with Crippen LogP contribution in [0.25, 0.3) is 0 Å². The van der Waals surface area contributed by atoms with Crippen molar-refractivity contribution in [1.82, 2.24) is 0 Å². The predicted octanol–water partition coefficient (Wildman–Crippen LogP) is 4.10. The minimum absolute atomic E-state index is 0.212. The first-order valence-electron chi connectivity index (χ1n) is 7.33. The summed E-state index contributed by atoms with van der Waals surface area (Å²) in [4.78, 5) is 11.9. The molecular weight excluding hydrogens is 224 g/mol. The van der Waals surface area contributed by atoms with Crippen molar-refractivity contribution in [3.05, 3.63) is 12.2 Å². The van der Waals surface area contributed by atoms with Crippen LogP contribution >= 0.6 is 0 Å². The van der Waals surface area contributed by atoms with E-state index in [4.69, 9.17) is 4.74 Å². The smallest absolute Gasteiger partial charge is 0.333 e. The minimum Gasteiger partial charge on any atom is -0.456 e. The van der Waals surface area contributed by atoms with Gasteiger partial charge in [0.2, 0.25) is 0 Å². The Morgan fingerprint density at radius 3 is 2.61 bits per heavy atom. The molecule has 0 spiro atoms. The summed E-state index contributed by atoms with van der Waals surface area (Å²) < 4.78 is 5.82. The summed E-state index contributed by atoms with van der Waals surface area (Å²) in [6.45, 7) is 9.93. The normalized spacial score (nSPS) is 39.8. The molecule has 4 unspecified atom stereocenters. The van der Waals surface area contributed by atoms with Crippen LogP contribution in [0.5, 0.6) is 0 Å². The van der Waals surface area contributed by atoms with Crippen LogP contribution in [0.2, 0.25) is 0 Å². The second-order valence-corrected chi connectivity index (χ2v) is 6.55. The average Bonchev–Trinajstić information content (AvgIpc) is 2.35. The molecule has 18 heavy (non-hydrogen) atoms. The number of hydrogen-bond acceptors (Lipinski definition) is 2. The van der Waals surface area contributed by atoms with Gasteiger partial charge in [-0.25, -0.2) is 4.79 Å². The highest BCUT2D eigenvalue weighted by molar-refractivity contribution is 5.87. The molecule has 2 rings (SSSR count). The van der Waals surface area contributed by atoms with Crippen molar-refractivity contribution in [1.29, 1.82) is 0 Å². The van der Waals surface area contributed by atoms with E-state index < -0.39 is 0 Å². The van der Waals surface area contributed by atoms with E-state index in [2.05, 4.69) is 20.4 Å². The number of carbonyl (C=O) groups excluding carboxylic acids is 1. The summed E-state index contributed by atoms with van der Waals surface area (Å²) in [5, 5.41) is 0. The summed E-state index contributed by atoms with van der Waals surface area (Å²) >= 11 is 0. The molecule has 0 saturated heterocycles. The number of fused-ring (bicyclic) bond motifs is 1. The Bertz CT molecular complexity index is 347. The van der Waals surface area contributed by atoms with Crippen LogP contribution in [-0.2, 0) is 9.53 Å². The molecule has 2 saturated carbocycles. The summed E-state index contributed by atoms with van der Waals surface area (Å²) in [5.41, 5.74) is 0.260. The molecule has 0 amide bonds. The lowest BCUT2D eigenvalue weighted by molar-refractivity contribution is -0.172. The van der Waals surface area contributed by atoms with Crippen molar-refractivity contribution in [3.63, 3.8) is 0 Å². The summed E-state index contributed by atoms with van der Waals surface area (Å²) in [6, 6.07) is 0. The first-order valence-corrected chi connectivity index (χ1v) is 7.33. The van der Waals surface area contributed by atoms with Crippen molar-refractivity contribution in [2.45, 2.75) is 64.9 Å². The molecule has 2 heteroatoms. The largest absolute Gasteiger partial charge is 0.456 e. The van der Waals surface area contributed by atoms with E-state index in [9.17, 15) is 4.79 Å². The van der Waals surface area contributed by atoms with Crippen LogP contribution in [0.3, 0.4) is 0 Å². The number of carbonyl (C=O) groups is 1. The Labute approximate surface area is 111 Å². The van der Waals surface area contributed by atoms with Crippen molar-refractivity contribution < 1.29 is 9.53 Å². The van der Waals surface area contributed by atoms with Gasteiger partial charge in [-0.1, -0.05) is 26.3 Å². The zero-order valence-corrected chi connectivity index (χ0v) is 12.0. The van der Waals surface area contributed by atoms with Gasteiger partial charge in [0, 0.05) is 11.5 Å². The van der Waals surface area contributed by atoms with Gasteiger partial charge in [0.1, 0.15) is 5.60 Å². The lowest BCUT2D eigenvalue weighted by atomic mass is 9.60. The zero-order chi connectivity index (χ0) is 13.3. The zero-order valence-electron chi connectivity index (χ0n) is 12.0. The van der Waals surface area contributed by atoms with Gasteiger partial charge < -0.3 is 4.74 Å². The van der Waals surface area contributed by atoms with Crippen molar-refractivity contribution >= 4 is 5.97 Å². The summed E-state index contributed by atoms with van der Waals surface area (Å²) in [6.07, 6.45) is 7.35. The monoisotopic (exact) mass is 250 g/mol. The number of esters is 1. The first kappa shape index (κ1) is 13.6. The maximum Gasteiger partial charge on any atom is 0.333 e. The summed E-state index contributed by atoms with van der Waals surface area (Å²) in [7, 11) is 0. The van der Waals surface area contributed by atoms with Crippen LogP contribution in [0.15, 0.2) is 12.2 Å². The fraction of sp³-hybridized carbons (Fsp3) is 0.812. The van der Waals surface area contributed by atoms with Crippen LogP contribution in [0.4, 0.5) is 0 Å². The van der Waals surface area contributed by atoms with Crippen LogP contribution in [-0.4, -0.2) is 11.6 Å². The Morgan fingerprint density at radius 2 is 1.94 bits per heavy atom. The van der Waals surface area contributed by atoms with Gasteiger partial charge in [0.05, 0.1) is 0 Å². The molecule has 0 N–H and O–H groups in total. The predicted molar refractivity (Wildman–Crippen MR) is 73.2 cm³/mol. The summed E-state index contributed by atoms with van der Waals surface area (Å²) in [5.74, 6) is 1.87. The van der Waals surface area contributed by atoms with E-state index in [0.717, 1.165) is 18.3 Å². The Hall–Kier alpha value is -0.790. The van der Waals surface area contributed by atoms with Crippen LogP contribution < -0.4 is 0 Å². The van der Waals surface area contributed by atoms with E-state index in [1.807, 2.05) is 0 Å². The Kier molecular flexibility index (Phi) is 3.84. The Morgan fingerprint density at radius 1 is 1.28 bits per heavy atom. The molecule has 2 aliphatic rings. The van der Waals surface area contributed by atoms with E-state index in [0.29, 0.717) is 11.5 Å². The van der Waals surface area contributed by atoms with E-state index in [-0.39, 0.29) is 11.6 Å². The highest BCUT2D eigenvalue weighted by Crippen LogP contribution is 2.50. The number of rotatable bonds is 2. The SMILES string of the molecule is C=C(C)C(=O)OC1(C)CCC(C)C2CCCCC21. The topological polar surface area (TPSA) is 26.3 Å². The van der Waals surface area contributed by atoms with Crippen molar-refractivity contribution in [2.24, 2.45) is 17.8 Å². The van der Waals surface area contributed by atoms with E-state index in [1.54, 1.807) is 6.92 Å². The van der Waals surface area contributed by atoms with Crippen LogP contribution in [0, 0.1) is 17.8 Å². The molecule has 2 fully saturated rings. The first-order chi connectivity index (χ1) is 8.44. The van der Waals surface area contributed by atoms with E-state index in [1.165, 1.54) is 32.1 Å². The molecule has 2 aliphatic carbocycles. The molecule has 0 heterocycles.